The topological polar surface area (TPSA) is 47.6 Å². The molecule has 1 amide bonds. The molecule has 0 spiro atoms. The number of hydrogen-bond acceptors (Lipinski definition) is 3. The molecule has 0 radical (unpaired) electrons. The molecule has 3 aromatic rings. The third-order valence-electron chi connectivity index (χ3n) is 4.42. The van der Waals surface area contributed by atoms with E-state index in [1.807, 2.05) is 48.5 Å². The number of aryl methyl sites for hydroxylation is 2. The number of carbonyl (C=O) groups is 1. The summed E-state index contributed by atoms with van der Waals surface area (Å²) in [5.74, 6) is 1.24. The maximum atomic E-state index is 12.8. The maximum Gasteiger partial charge on any atom is 0.255 e. The van der Waals surface area contributed by atoms with Crippen LogP contribution >= 0.6 is 0 Å². The van der Waals surface area contributed by atoms with Crippen molar-refractivity contribution in [1.29, 1.82) is 0 Å². The molecule has 3 aromatic carbocycles. The van der Waals surface area contributed by atoms with Gasteiger partial charge in [0.15, 0.2) is 11.5 Å². The van der Waals surface area contributed by atoms with Gasteiger partial charge in [-0.25, -0.2) is 0 Å². The molecule has 4 rings (SSSR count). The summed E-state index contributed by atoms with van der Waals surface area (Å²) in [5.41, 5.74) is 3.69. The molecule has 0 fully saturated rings. The van der Waals surface area contributed by atoms with Gasteiger partial charge in [-0.05, 0) is 42.2 Å². The van der Waals surface area contributed by atoms with Crippen LogP contribution in [0, 0.1) is 0 Å². The predicted molar refractivity (Wildman–Crippen MR) is 101 cm³/mol. The Kier molecular flexibility index (Phi) is 4.56. The average Bonchev–Trinajstić information content (AvgIpc) is 3.15. The Bertz CT molecular complexity index is 922. The van der Waals surface area contributed by atoms with E-state index in [1.165, 1.54) is 5.56 Å². The molecule has 0 bridgehead atoms. The first-order valence-electron chi connectivity index (χ1n) is 8.62. The Morgan fingerprint density at radius 2 is 1.62 bits per heavy atom. The highest BCUT2D eigenvalue weighted by Crippen LogP contribution is 2.34. The van der Waals surface area contributed by atoms with E-state index < -0.39 is 0 Å². The maximum absolute atomic E-state index is 12.8. The molecule has 26 heavy (non-hydrogen) atoms. The lowest BCUT2D eigenvalue weighted by molar-refractivity contribution is 0.102. The molecule has 0 saturated carbocycles. The summed E-state index contributed by atoms with van der Waals surface area (Å²) < 4.78 is 10.7. The first kappa shape index (κ1) is 16.2. The number of carbonyl (C=O) groups excluding carboxylic acids is 1. The fraction of sp³-hybridized carbons (Fsp3) is 0.136. The van der Waals surface area contributed by atoms with Gasteiger partial charge in [-0.1, -0.05) is 48.5 Å². The van der Waals surface area contributed by atoms with Crippen molar-refractivity contribution in [2.24, 2.45) is 0 Å². The Balaban J connectivity index is 1.49. The van der Waals surface area contributed by atoms with Crippen molar-refractivity contribution in [3.05, 3.63) is 89.5 Å². The quantitative estimate of drug-likeness (QED) is 0.743. The second-order valence-electron chi connectivity index (χ2n) is 6.16. The zero-order valence-corrected chi connectivity index (χ0v) is 14.3. The monoisotopic (exact) mass is 345 g/mol. The summed E-state index contributed by atoms with van der Waals surface area (Å²) in [6.45, 7) is 0.217. The number of rotatable bonds is 5. The van der Waals surface area contributed by atoms with Crippen molar-refractivity contribution in [2.45, 2.75) is 12.8 Å². The van der Waals surface area contributed by atoms with Gasteiger partial charge in [0.2, 0.25) is 6.79 Å². The zero-order chi connectivity index (χ0) is 17.8. The van der Waals surface area contributed by atoms with Crippen molar-refractivity contribution in [1.82, 2.24) is 0 Å². The minimum absolute atomic E-state index is 0.118. The van der Waals surface area contributed by atoms with Crippen molar-refractivity contribution in [2.75, 3.05) is 12.1 Å². The van der Waals surface area contributed by atoms with E-state index >= 15 is 0 Å². The fourth-order valence-electron chi connectivity index (χ4n) is 3.06. The molecule has 0 atom stereocenters. The number of hydrogen-bond donors (Lipinski definition) is 1. The van der Waals surface area contributed by atoms with Gasteiger partial charge in [-0.3, -0.25) is 4.79 Å². The van der Waals surface area contributed by atoms with Gasteiger partial charge in [-0.15, -0.1) is 0 Å². The van der Waals surface area contributed by atoms with Crippen LogP contribution in [-0.4, -0.2) is 12.7 Å². The lowest BCUT2D eigenvalue weighted by Gasteiger charge is -2.11. The molecular weight excluding hydrogens is 326 g/mol. The summed E-state index contributed by atoms with van der Waals surface area (Å²) in [6.07, 6.45) is 1.71. The Labute approximate surface area is 152 Å². The minimum atomic E-state index is -0.118. The number of benzene rings is 3. The summed E-state index contributed by atoms with van der Waals surface area (Å²) in [7, 11) is 0. The van der Waals surface area contributed by atoms with E-state index in [-0.39, 0.29) is 12.7 Å². The lowest BCUT2D eigenvalue weighted by atomic mass is 9.99. The Morgan fingerprint density at radius 3 is 2.50 bits per heavy atom. The highest BCUT2D eigenvalue weighted by atomic mass is 16.7. The van der Waals surface area contributed by atoms with Crippen molar-refractivity contribution in [3.8, 4) is 11.5 Å². The van der Waals surface area contributed by atoms with Crippen LogP contribution in [0.4, 0.5) is 5.69 Å². The molecule has 1 aliphatic heterocycles. The van der Waals surface area contributed by atoms with Gasteiger partial charge in [0, 0.05) is 17.3 Å². The van der Waals surface area contributed by atoms with Crippen LogP contribution in [0.3, 0.4) is 0 Å². The fourth-order valence-corrected chi connectivity index (χ4v) is 3.06. The van der Waals surface area contributed by atoms with Crippen LogP contribution in [0.25, 0.3) is 0 Å². The predicted octanol–water partition coefficient (Wildman–Crippen LogP) is 4.45. The molecule has 0 saturated heterocycles. The van der Waals surface area contributed by atoms with E-state index in [4.69, 9.17) is 9.47 Å². The van der Waals surface area contributed by atoms with Gasteiger partial charge in [0.25, 0.3) is 5.91 Å². The van der Waals surface area contributed by atoms with Gasteiger partial charge in [0.1, 0.15) is 0 Å². The van der Waals surface area contributed by atoms with Crippen LogP contribution in [0.15, 0.2) is 72.8 Å². The summed E-state index contributed by atoms with van der Waals surface area (Å²) >= 11 is 0. The number of anilines is 1. The van der Waals surface area contributed by atoms with Gasteiger partial charge in [0.05, 0.1) is 0 Å². The molecular formula is C22H19NO3. The van der Waals surface area contributed by atoms with E-state index in [9.17, 15) is 4.79 Å². The van der Waals surface area contributed by atoms with E-state index in [0.29, 0.717) is 22.7 Å². The second-order valence-corrected chi connectivity index (χ2v) is 6.16. The summed E-state index contributed by atoms with van der Waals surface area (Å²) in [6, 6.07) is 23.4. The molecule has 4 heteroatoms. The van der Waals surface area contributed by atoms with Crippen LogP contribution < -0.4 is 14.8 Å². The largest absolute Gasteiger partial charge is 0.454 e. The standard InChI is InChI=1S/C22H19NO3/c24-22(23-18-12-13-20-21(14-18)26-15-25-20)19-9-5-4-8-17(19)11-10-16-6-2-1-3-7-16/h1-9,12-14H,10-11,15H2,(H,23,24). The van der Waals surface area contributed by atoms with Gasteiger partial charge < -0.3 is 14.8 Å². The number of ether oxygens (including phenoxy) is 2. The zero-order valence-electron chi connectivity index (χ0n) is 14.3. The average molecular weight is 345 g/mol. The third-order valence-corrected chi connectivity index (χ3v) is 4.42. The Hall–Kier alpha value is -3.27. The molecule has 0 aliphatic carbocycles. The first-order chi connectivity index (χ1) is 12.8. The van der Waals surface area contributed by atoms with E-state index in [0.717, 1.165) is 18.4 Å². The van der Waals surface area contributed by atoms with Crippen molar-refractivity contribution >= 4 is 11.6 Å². The van der Waals surface area contributed by atoms with Crippen molar-refractivity contribution in [3.63, 3.8) is 0 Å². The normalized spacial score (nSPS) is 12.0. The van der Waals surface area contributed by atoms with Gasteiger partial charge >= 0.3 is 0 Å². The van der Waals surface area contributed by atoms with Crippen LogP contribution in [-0.2, 0) is 12.8 Å². The molecule has 130 valence electrons. The van der Waals surface area contributed by atoms with Crippen LogP contribution in [0.1, 0.15) is 21.5 Å². The first-order valence-corrected chi connectivity index (χ1v) is 8.62. The molecule has 4 nitrogen and oxygen atoms in total. The highest BCUT2D eigenvalue weighted by Gasteiger charge is 2.16. The second kappa shape index (κ2) is 7.31. The number of fused-ring (bicyclic) bond motifs is 1. The SMILES string of the molecule is O=C(Nc1ccc2c(c1)OCO2)c1ccccc1CCc1ccccc1. The Morgan fingerprint density at radius 1 is 0.846 bits per heavy atom. The summed E-state index contributed by atoms with van der Waals surface area (Å²) in [4.78, 5) is 12.8. The highest BCUT2D eigenvalue weighted by molar-refractivity contribution is 6.05. The smallest absolute Gasteiger partial charge is 0.255 e. The molecule has 0 aromatic heterocycles. The molecule has 1 heterocycles. The summed E-state index contributed by atoms with van der Waals surface area (Å²) in [5, 5.41) is 2.95. The lowest BCUT2D eigenvalue weighted by Crippen LogP contribution is -2.14. The molecule has 0 unspecified atom stereocenters. The van der Waals surface area contributed by atoms with Gasteiger partial charge in [-0.2, -0.15) is 0 Å². The van der Waals surface area contributed by atoms with E-state index in [1.54, 1.807) is 12.1 Å². The van der Waals surface area contributed by atoms with Crippen LogP contribution in [0.5, 0.6) is 11.5 Å². The number of nitrogens with one attached hydrogen (secondary N) is 1. The molecule has 1 N–H and O–H groups in total. The number of amides is 1. The minimum Gasteiger partial charge on any atom is -0.454 e. The van der Waals surface area contributed by atoms with Crippen LogP contribution in [0.2, 0.25) is 0 Å². The molecule has 1 aliphatic rings. The third kappa shape index (κ3) is 3.54. The van der Waals surface area contributed by atoms with Crippen molar-refractivity contribution < 1.29 is 14.3 Å². The van der Waals surface area contributed by atoms with E-state index in [2.05, 4.69) is 17.4 Å².